The monoisotopic (exact) mass is 1070 g/mol. The third-order valence-electron chi connectivity index (χ3n) is 12.5. The smallest absolute Gasteiger partial charge is 0.338 e. The lowest BCUT2D eigenvalue weighted by molar-refractivity contribution is -0.323. The summed E-state index contributed by atoms with van der Waals surface area (Å²) in [5, 5.41) is 11.9. The molecule has 10 atom stereocenters. The molecule has 402 valence electrons. The van der Waals surface area contributed by atoms with Crippen molar-refractivity contribution in [2.45, 2.75) is 61.4 Å². The third kappa shape index (κ3) is 13.8. The zero-order valence-corrected chi connectivity index (χ0v) is 41.8. The molecule has 2 saturated heterocycles. The van der Waals surface area contributed by atoms with Gasteiger partial charge in [-0.25, -0.2) is 33.6 Å². The van der Waals surface area contributed by atoms with Gasteiger partial charge in [0, 0.05) is 0 Å². The van der Waals surface area contributed by atoms with Crippen molar-refractivity contribution >= 4 is 41.8 Å². The van der Waals surface area contributed by atoms with Gasteiger partial charge in [-0.15, -0.1) is 0 Å². The van der Waals surface area contributed by atoms with E-state index in [1.54, 1.807) is 127 Å². The predicted molar refractivity (Wildman–Crippen MR) is 276 cm³/mol. The molecule has 7 aromatic carbocycles. The number of hydrogen-bond donors (Lipinski definition) is 1. The fraction of sp³-hybridized carbons (Fsp3) is 0.197. The molecule has 2 aliphatic rings. The minimum atomic E-state index is -2.12. The van der Waals surface area contributed by atoms with Crippen LogP contribution in [0.2, 0.25) is 0 Å². The average molecular weight is 1070 g/mol. The van der Waals surface area contributed by atoms with Gasteiger partial charge in [0.2, 0.25) is 0 Å². The minimum absolute atomic E-state index is 0.0249. The first-order chi connectivity index (χ1) is 38.5. The molecule has 0 radical (unpaired) electrons. The van der Waals surface area contributed by atoms with Gasteiger partial charge in [0.25, 0.3) is 0 Å². The van der Waals surface area contributed by atoms with Gasteiger partial charge in [-0.2, -0.15) is 0 Å². The molecule has 1 N–H and O–H groups in total. The Labute approximate surface area is 452 Å². The Bertz CT molecular complexity index is 3170. The van der Waals surface area contributed by atoms with Crippen LogP contribution >= 0.6 is 0 Å². The summed E-state index contributed by atoms with van der Waals surface area (Å²) in [4.78, 5) is 98.0. The van der Waals surface area contributed by atoms with Crippen LogP contribution in [0.1, 0.15) is 72.5 Å². The van der Waals surface area contributed by atoms with Crippen molar-refractivity contribution in [3.05, 3.63) is 251 Å². The van der Waals surface area contributed by atoms with E-state index in [1.165, 1.54) is 84.9 Å². The van der Waals surface area contributed by atoms with Crippen LogP contribution in [0.5, 0.6) is 0 Å². The SMILES string of the molecule is O=C(OC[C@H]1O[C@@H](OC[C@H]2O[C@H](O)[C@H](OC(=O)c3ccccc3)[C@@H](OC(=O)c3ccccc3)[C@@H]2OC(=O)c2ccccc2)[C@H](OC(=O)c2ccccc2)[C@@H](OC(=O)c2ccccc2)[C@H]1OC(=O)c1ccccc1)c1ccccc1. The molecule has 0 unspecified atom stereocenters. The van der Waals surface area contributed by atoms with E-state index in [0.717, 1.165) is 0 Å². The molecule has 0 aliphatic carbocycles. The quantitative estimate of drug-likeness (QED) is 0.0642. The van der Waals surface area contributed by atoms with Gasteiger partial charge in [-0.1, -0.05) is 127 Å². The summed E-state index contributed by atoms with van der Waals surface area (Å²) in [6, 6.07) is 54.3. The van der Waals surface area contributed by atoms with E-state index < -0.39 is 116 Å². The van der Waals surface area contributed by atoms with Gasteiger partial charge in [0.05, 0.1) is 45.6 Å². The highest BCUT2D eigenvalue weighted by molar-refractivity contribution is 5.93. The van der Waals surface area contributed by atoms with Crippen LogP contribution in [0.15, 0.2) is 212 Å². The Morgan fingerprint density at radius 2 is 0.557 bits per heavy atom. The Hall–Kier alpha value is -9.33. The van der Waals surface area contributed by atoms with Crippen LogP contribution in [0.4, 0.5) is 0 Å². The fourth-order valence-electron chi connectivity index (χ4n) is 8.58. The Morgan fingerprint density at radius 1 is 0.304 bits per heavy atom. The van der Waals surface area contributed by atoms with Gasteiger partial charge < -0.3 is 52.5 Å². The summed E-state index contributed by atoms with van der Waals surface area (Å²) >= 11 is 0. The molecular formula is C61H50O18. The number of carbonyl (C=O) groups excluding carboxylic acids is 7. The van der Waals surface area contributed by atoms with Crippen molar-refractivity contribution in [3.63, 3.8) is 0 Å². The molecule has 9 rings (SSSR count). The lowest BCUT2D eigenvalue weighted by Gasteiger charge is -2.46. The van der Waals surface area contributed by atoms with E-state index in [2.05, 4.69) is 0 Å². The number of hydrogen-bond acceptors (Lipinski definition) is 18. The van der Waals surface area contributed by atoms with Gasteiger partial charge in [-0.05, 0) is 84.9 Å². The molecule has 2 fully saturated rings. The topological polar surface area (TPSA) is 232 Å². The number of aliphatic hydroxyl groups excluding tert-OH is 1. The van der Waals surface area contributed by atoms with Crippen LogP contribution in [0.25, 0.3) is 0 Å². The highest BCUT2D eigenvalue weighted by Crippen LogP contribution is 2.35. The zero-order chi connectivity index (χ0) is 55.1. The zero-order valence-electron chi connectivity index (χ0n) is 41.8. The summed E-state index contributed by atoms with van der Waals surface area (Å²) < 4.78 is 61.4. The third-order valence-corrected chi connectivity index (χ3v) is 12.5. The largest absolute Gasteiger partial charge is 0.459 e. The summed E-state index contributed by atoms with van der Waals surface area (Å²) in [6.07, 6.45) is -18.2. The van der Waals surface area contributed by atoms with Gasteiger partial charge in [-0.3, -0.25) is 0 Å². The number of benzene rings is 7. The lowest BCUT2D eigenvalue weighted by atomic mass is 9.96. The number of aliphatic hydroxyl groups is 1. The van der Waals surface area contributed by atoms with Crippen LogP contribution in [0.3, 0.4) is 0 Å². The van der Waals surface area contributed by atoms with Gasteiger partial charge in [0.15, 0.2) is 49.2 Å². The molecule has 2 heterocycles. The fourth-order valence-corrected chi connectivity index (χ4v) is 8.58. The molecule has 0 saturated carbocycles. The van der Waals surface area contributed by atoms with E-state index >= 15 is 0 Å². The molecule has 0 amide bonds. The Kier molecular flexibility index (Phi) is 18.0. The maximum atomic E-state index is 14.3. The highest BCUT2D eigenvalue weighted by atomic mass is 16.7. The summed E-state index contributed by atoms with van der Waals surface area (Å²) in [6.45, 7) is -1.50. The van der Waals surface area contributed by atoms with E-state index in [4.69, 9.17) is 47.4 Å². The van der Waals surface area contributed by atoms with Crippen molar-refractivity contribution in [1.82, 2.24) is 0 Å². The molecular weight excluding hydrogens is 1020 g/mol. The van der Waals surface area contributed by atoms with Crippen molar-refractivity contribution in [2.75, 3.05) is 13.2 Å². The van der Waals surface area contributed by atoms with Crippen molar-refractivity contribution in [2.24, 2.45) is 0 Å². The van der Waals surface area contributed by atoms with E-state index in [9.17, 15) is 38.7 Å². The van der Waals surface area contributed by atoms with Crippen LogP contribution in [-0.4, -0.2) is 122 Å². The maximum absolute atomic E-state index is 14.3. The Morgan fingerprint density at radius 3 is 0.886 bits per heavy atom. The second-order valence-electron chi connectivity index (χ2n) is 17.8. The molecule has 0 aromatic heterocycles. The molecule has 79 heavy (non-hydrogen) atoms. The van der Waals surface area contributed by atoms with Crippen LogP contribution in [-0.2, 0) is 47.4 Å². The number of carbonyl (C=O) groups is 7. The predicted octanol–water partition coefficient (Wildman–Crippen LogP) is 7.66. The summed E-state index contributed by atoms with van der Waals surface area (Å²) in [5.41, 5.74) is 0.388. The first-order valence-electron chi connectivity index (χ1n) is 24.9. The van der Waals surface area contributed by atoms with Crippen LogP contribution in [0, 0.1) is 0 Å². The van der Waals surface area contributed by atoms with Crippen molar-refractivity contribution < 1.29 is 86.0 Å². The second kappa shape index (κ2) is 26.1. The first-order valence-corrected chi connectivity index (χ1v) is 24.9. The first kappa shape index (κ1) is 54.5. The molecule has 0 bridgehead atoms. The molecule has 0 spiro atoms. The second-order valence-corrected chi connectivity index (χ2v) is 17.8. The minimum Gasteiger partial charge on any atom is -0.459 e. The molecule has 18 heteroatoms. The maximum Gasteiger partial charge on any atom is 0.338 e. The normalized spacial score (nSPS) is 22.4. The number of ether oxygens (including phenoxy) is 10. The highest BCUT2D eigenvalue weighted by Gasteiger charge is 2.56. The number of esters is 7. The van der Waals surface area contributed by atoms with Gasteiger partial charge >= 0.3 is 41.8 Å². The van der Waals surface area contributed by atoms with E-state index in [0.29, 0.717) is 0 Å². The molecule has 18 nitrogen and oxygen atoms in total. The van der Waals surface area contributed by atoms with E-state index in [-0.39, 0.29) is 38.9 Å². The van der Waals surface area contributed by atoms with Crippen molar-refractivity contribution in [3.8, 4) is 0 Å². The van der Waals surface area contributed by atoms with E-state index in [1.807, 2.05) is 0 Å². The van der Waals surface area contributed by atoms with Crippen molar-refractivity contribution in [1.29, 1.82) is 0 Å². The summed E-state index contributed by atoms with van der Waals surface area (Å²) in [5.74, 6) is -6.63. The molecule has 7 aromatic rings. The summed E-state index contributed by atoms with van der Waals surface area (Å²) in [7, 11) is 0. The lowest BCUT2D eigenvalue weighted by Crippen LogP contribution is -2.65. The van der Waals surface area contributed by atoms with Crippen LogP contribution < -0.4 is 0 Å². The standard InChI is InChI=1S/C61H50O18/c62-53(38-22-8-1-9-23-38)70-36-46-48(75-55(64)40-26-12-3-13-27-40)50(77-57(66)42-30-16-5-17-31-42)52(79-59(68)44-34-20-7-21-35-44)61(73-46)71-37-45-47(74-54(63)39-24-10-2-11-25-39)49(76-56(65)41-28-14-4-15-29-41)51(60(69)72-45)78-58(67)43-32-18-6-19-33-43/h1-35,45-52,60-61,69H,36-37H2/t45-,46-,47-,48+,49+,50+,51-,52-,60+,61-/m1/s1. The van der Waals surface area contributed by atoms with Gasteiger partial charge in [0.1, 0.15) is 18.8 Å². The number of rotatable bonds is 18. The molecule has 2 aliphatic heterocycles. The average Bonchev–Trinajstić information content (AvgIpc) is 3.59. The Balaban J connectivity index is 1.12.